The minimum atomic E-state index is -0.473. The lowest BCUT2D eigenvalue weighted by Crippen LogP contribution is -2.32. The number of ether oxygens (including phenoxy) is 1. The highest BCUT2D eigenvalue weighted by Gasteiger charge is 2.19. The van der Waals surface area contributed by atoms with E-state index >= 15 is 0 Å². The predicted molar refractivity (Wildman–Crippen MR) is 97.8 cm³/mol. The molecule has 6 nitrogen and oxygen atoms in total. The summed E-state index contributed by atoms with van der Waals surface area (Å²) in [7, 11) is 3.04. The van der Waals surface area contributed by atoms with E-state index in [0.29, 0.717) is 5.56 Å². The molecule has 0 saturated carbocycles. The van der Waals surface area contributed by atoms with Crippen LogP contribution in [0.5, 0.6) is 5.75 Å². The lowest BCUT2D eigenvalue weighted by atomic mass is 10.2. The zero-order chi connectivity index (χ0) is 19.3. The van der Waals surface area contributed by atoms with Gasteiger partial charge in [-0.3, -0.25) is 14.9 Å². The molecule has 1 atom stereocenters. The Morgan fingerprint density at radius 2 is 1.96 bits per heavy atom. The number of nitro groups is 1. The van der Waals surface area contributed by atoms with Gasteiger partial charge < -0.3 is 9.64 Å². The van der Waals surface area contributed by atoms with Gasteiger partial charge in [0.25, 0.3) is 5.69 Å². The maximum atomic E-state index is 13.8. The van der Waals surface area contributed by atoms with Crippen molar-refractivity contribution in [1.29, 1.82) is 0 Å². The summed E-state index contributed by atoms with van der Waals surface area (Å²) in [6.07, 6.45) is 0. The topological polar surface area (TPSA) is 72.7 Å². The van der Waals surface area contributed by atoms with Gasteiger partial charge in [0.05, 0.1) is 17.3 Å². The number of amides is 1. The number of benzene rings is 2. The highest BCUT2D eigenvalue weighted by molar-refractivity contribution is 8.00. The average molecular weight is 378 g/mol. The van der Waals surface area contributed by atoms with Gasteiger partial charge in [-0.2, -0.15) is 0 Å². The van der Waals surface area contributed by atoms with Gasteiger partial charge in [0, 0.05) is 30.6 Å². The number of carbonyl (C=O) groups excluding carboxylic acids is 1. The summed E-state index contributed by atoms with van der Waals surface area (Å²) in [5.74, 6) is -0.437. The number of nitro benzene ring substituents is 1. The fourth-order valence-electron chi connectivity index (χ4n) is 2.37. The minimum absolute atomic E-state index is 0.00646. The van der Waals surface area contributed by atoms with Gasteiger partial charge >= 0.3 is 0 Å². The van der Waals surface area contributed by atoms with Crippen molar-refractivity contribution in [2.24, 2.45) is 0 Å². The standard InChI is InChI=1S/C18H19FN2O4S/c1-12(26-15-7-5-14(6-8-15)21(23)24)18(22)20(2)11-13-4-9-17(25-3)16(19)10-13/h4-10,12H,11H2,1-3H3. The maximum absolute atomic E-state index is 13.8. The number of hydrogen-bond acceptors (Lipinski definition) is 5. The van der Waals surface area contributed by atoms with Crippen molar-refractivity contribution < 1.29 is 18.8 Å². The van der Waals surface area contributed by atoms with E-state index in [-0.39, 0.29) is 29.1 Å². The smallest absolute Gasteiger partial charge is 0.269 e. The molecule has 26 heavy (non-hydrogen) atoms. The zero-order valence-corrected chi connectivity index (χ0v) is 15.5. The van der Waals surface area contributed by atoms with Crippen LogP contribution in [0.15, 0.2) is 47.4 Å². The molecule has 1 unspecified atom stereocenters. The zero-order valence-electron chi connectivity index (χ0n) is 14.6. The Hall–Kier alpha value is -2.61. The highest BCUT2D eigenvalue weighted by atomic mass is 32.2. The van der Waals surface area contributed by atoms with Gasteiger partial charge in [0.15, 0.2) is 11.6 Å². The summed E-state index contributed by atoms with van der Waals surface area (Å²) in [6, 6.07) is 10.6. The molecule has 0 N–H and O–H groups in total. The van der Waals surface area contributed by atoms with Gasteiger partial charge in [-0.15, -0.1) is 11.8 Å². The normalized spacial score (nSPS) is 11.7. The summed E-state index contributed by atoms with van der Waals surface area (Å²) >= 11 is 1.31. The van der Waals surface area contributed by atoms with Crippen LogP contribution in [0.3, 0.4) is 0 Å². The number of nitrogens with zero attached hydrogens (tertiary/aromatic N) is 2. The first kappa shape index (κ1) is 19.7. The molecule has 0 aromatic heterocycles. The Morgan fingerprint density at radius 1 is 1.31 bits per heavy atom. The van der Waals surface area contributed by atoms with E-state index in [1.54, 1.807) is 32.2 Å². The van der Waals surface area contributed by atoms with E-state index < -0.39 is 10.7 Å². The van der Waals surface area contributed by atoms with Gasteiger partial charge in [-0.05, 0) is 36.8 Å². The third-order valence-electron chi connectivity index (χ3n) is 3.72. The van der Waals surface area contributed by atoms with Crippen molar-refractivity contribution in [2.45, 2.75) is 23.6 Å². The Balaban J connectivity index is 1.98. The number of hydrogen-bond donors (Lipinski definition) is 0. The molecule has 0 radical (unpaired) electrons. The number of carbonyl (C=O) groups is 1. The summed E-state index contributed by atoms with van der Waals surface area (Å²) in [6.45, 7) is 2.03. The molecule has 1 amide bonds. The molecule has 2 aromatic carbocycles. The molecule has 0 aliphatic carbocycles. The maximum Gasteiger partial charge on any atom is 0.269 e. The summed E-state index contributed by atoms with van der Waals surface area (Å²) in [5, 5.41) is 10.3. The van der Waals surface area contributed by atoms with Gasteiger partial charge in [-0.1, -0.05) is 6.07 Å². The van der Waals surface area contributed by atoms with Crippen LogP contribution in [0, 0.1) is 15.9 Å². The molecule has 0 spiro atoms. The molecular weight excluding hydrogens is 359 g/mol. The van der Waals surface area contributed by atoms with Crippen LogP contribution in [0.2, 0.25) is 0 Å². The lowest BCUT2D eigenvalue weighted by molar-refractivity contribution is -0.384. The summed E-state index contributed by atoms with van der Waals surface area (Å²) < 4.78 is 18.6. The summed E-state index contributed by atoms with van der Waals surface area (Å²) in [5.41, 5.74) is 0.665. The van der Waals surface area contributed by atoms with Crippen LogP contribution in [0.4, 0.5) is 10.1 Å². The van der Waals surface area contributed by atoms with Crippen molar-refractivity contribution in [2.75, 3.05) is 14.2 Å². The van der Waals surface area contributed by atoms with Crippen molar-refractivity contribution in [3.8, 4) is 5.75 Å². The Bertz CT molecular complexity index is 798. The Morgan fingerprint density at radius 3 is 2.50 bits per heavy atom. The van der Waals surface area contributed by atoms with E-state index in [1.165, 1.54) is 48.0 Å². The molecule has 0 fully saturated rings. The molecule has 0 aliphatic heterocycles. The highest BCUT2D eigenvalue weighted by Crippen LogP contribution is 2.27. The minimum Gasteiger partial charge on any atom is -0.494 e. The SMILES string of the molecule is COc1ccc(CN(C)C(=O)C(C)Sc2ccc([N+](=O)[O-])cc2)cc1F. The number of non-ortho nitro benzene ring substituents is 1. The first-order chi connectivity index (χ1) is 12.3. The van der Waals surface area contributed by atoms with Crippen molar-refractivity contribution in [3.63, 3.8) is 0 Å². The van der Waals surface area contributed by atoms with Crippen LogP contribution in [0.25, 0.3) is 0 Å². The second kappa shape index (κ2) is 8.66. The molecule has 0 bridgehead atoms. The molecule has 2 rings (SSSR count). The van der Waals surface area contributed by atoms with Crippen LogP contribution in [0.1, 0.15) is 12.5 Å². The molecule has 138 valence electrons. The first-order valence-corrected chi connectivity index (χ1v) is 8.68. The predicted octanol–water partition coefficient (Wildman–Crippen LogP) is 3.88. The first-order valence-electron chi connectivity index (χ1n) is 7.80. The van der Waals surface area contributed by atoms with E-state index in [4.69, 9.17) is 4.74 Å². The largest absolute Gasteiger partial charge is 0.494 e. The molecule has 0 aliphatic rings. The molecule has 0 heterocycles. The number of thioether (sulfide) groups is 1. The van der Waals surface area contributed by atoms with E-state index in [9.17, 15) is 19.3 Å². The van der Waals surface area contributed by atoms with Crippen molar-refractivity contribution in [1.82, 2.24) is 4.90 Å². The van der Waals surface area contributed by atoms with Crippen LogP contribution in [-0.2, 0) is 11.3 Å². The molecule has 8 heteroatoms. The average Bonchev–Trinajstić information content (AvgIpc) is 2.61. The quantitative estimate of drug-likeness (QED) is 0.415. The fraction of sp³-hybridized carbons (Fsp3) is 0.278. The van der Waals surface area contributed by atoms with Gasteiger partial charge in [0.1, 0.15) is 0 Å². The number of rotatable bonds is 7. The van der Waals surface area contributed by atoms with Crippen LogP contribution < -0.4 is 4.74 Å². The van der Waals surface area contributed by atoms with Crippen LogP contribution in [-0.4, -0.2) is 35.1 Å². The number of methoxy groups -OCH3 is 1. The Kier molecular flexibility index (Phi) is 6.57. The fourth-order valence-corrected chi connectivity index (χ4v) is 3.35. The molecule has 0 saturated heterocycles. The molecule has 2 aromatic rings. The molecular formula is C18H19FN2O4S. The second-order valence-corrected chi connectivity index (χ2v) is 7.09. The third kappa shape index (κ3) is 4.95. The van der Waals surface area contributed by atoms with Crippen molar-refractivity contribution in [3.05, 3.63) is 64.0 Å². The second-order valence-electron chi connectivity index (χ2n) is 5.67. The third-order valence-corrected chi connectivity index (χ3v) is 4.82. The Labute approximate surface area is 155 Å². The number of halogens is 1. The van der Waals surface area contributed by atoms with E-state index in [1.807, 2.05) is 0 Å². The van der Waals surface area contributed by atoms with Gasteiger partial charge in [0.2, 0.25) is 5.91 Å². The summed E-state index contributed by atoms with van der Waals surface area (Å²) in [4.78, 5) is 25.0. The lowest BCUT2D eigenvalue weighted by Gasteiger charge is -2.21. The monoisotopic (exact) mass is 378 g/mol. The van der Waals surface area contributed by atoms with E-state index in [0.717, 1.165) is 4.90 Å². The van der Waals surface area contributed by atoms with E-state index in [2.05, 4.69) is 0 Å². The van der Waals surface area contributed by atoms with Crippen LogP contribution >= 0.6 is 11.8 Å². The van der Waals surface area contributed by atoms with Gasteiger partial charge in [-0.25, -0.2) is 4.39 Å². The van der Waals surface area contributed by atoms with Crippen molar-refractivity contribution >= 4 is 23.4 Å².